The van der Waals surface area contributed by atoms with Crippen LogP contribution in [-0.2, 0) is 17.6 Å². The van der Waals surface area contributed by atoms with Crippen molar-refractivity contribution in [2.24, 2.45) is 5.73 Å². The average molecular weight is 302 g/mol. The van der Waals surface area contributed by atoms with Crippen molar-refractivity contribution in [2.45, 2.75) is 39.7 Å². The van der Waals surface area contributed by atoms with E-state index in [1.807, 2.05) is 6.07 Å². The van der Waals surface area contributed by atoms with E-state index in [0.717, 1.165) is 23.1 Å². The van der Waals surface area contributed by atoms with Gasteiger partial charge in [0, 0.05) is 18.0 Å². The Morgan fingerprint density at radius 3 is 2.55 bits per heavy atom. The lowest BCUT2D eigenvalue weighted by molar-refractivity contribution is -0.138. The molecule has 1 unspecified atom stereocenters. The van der Waals surface area contributed by atoms with E-state index in [2.05, 4.69) is 25.8 Å². The predicted octanol–water partition coefficient (Wildman–Crippen LogP) is 2.73. The number of benzene rings is 1. The van der Waals surface area contributed by atoms with Crippen LogP contribution in [0.15, 0.2) is 29.5 Å². The first-order valence-electron chi connectivity index (χ1n) is 7.23. The number of carboxylic acid groups (broad SMARTS) is 1. The van der Waals surface area contributed by atoms with Gasteiger partial charge in [0.05, 0.1) is 5.52 Å². The first-order chi connectivity index (χ1) is 10.3. The average Bonchev–Trinajstić information content (AvgIpc) is 2.86. The molecule has 1 atom stereocenters. The minimum atomic E-state index is -1.05. The fourth-order valence-electron chi connectivity index (χ4n) is 2.45. The van der Waals surface area contributed by atoms with Crippen molar-refractivity contribution in [3.8, 4) is 5.75 Å². The number of rotatable bonds is 5. The van der Waals surface area contributed by atoms with Crippen LogP contribution in [-0.4, -0.2) is 27.2 Å². The van der Waals surface area contributed by atoms with Gasteiger partial charge in [-0.3, -0.25) is 4.79 Å². The summed E-state index contributed by atoms with van der Waals surface area (Å²) in [6, 6.07) is 2.56. The summed E-state index contributed by atoms with van der Waals surface area (Å²) in [5.74, 6) is -0.909. The fourth-order valence-corrected chi connectivity index (χ4v) is 2.45. The number of phenols is 1. The minimum Gasteiger partial charge on any atom is -0.507 e. The summed E-state index contributed by atoms with van der Waals surface area (Å²) in [5.41, 5.74) is 10.8. The molecule has 1 aromatic heterocycles. The number of nitrogens with two attached hydrogens (primary N) is 1. The Hall–Kier alpha value is -2.27. The number of H-pyrrole nitrogens is 1. The van der Waals surface area contributed by atoms with Crippen LogP contribution >= 0.6 is 0 Å². The molecule has 0 amide bonds. The SMILES string of the molecule is CC(C)=C(C)Cc1ccc(O)c2c(CC(N)C(=O)O)c[nH]c12. The molecule has 0 fully saturated rings. The van der Waals surface area contributed by atoms with Gasteiger partial charge in [0.25, 0.3) is 0 Å². The van der Waals surface area contributed by atoms with Crippen LogP contribution in [0.25, 0.3) is 10.9 Å². The monoisotopic (exact) mass is 302 g/mol. The third-order valence-electron chi connectivity index (χ3n) is 4.05. The van der Waals surface area contributed by atoms with Crippen molar-refractivity contribution >= 4 is 16.9 Å². The van der Waals surface area contributed by atoms with Crippen molar-refractivity contribution in [1.29, 1.82) is 0 Å². The zero-order valence-electron chi connectivity index (χ0n) is 13.1. The molecule has 2 rings (SSSR count). The summed E-state index contributed by atoms with van der Waals surface area (Å²) in [5, 5.41) is 19.8. The van der Waals surface area contributed by atoms with Gasteiger partial charge in [-0.25, -0.2) is 0 Å². The van der Waals surface area contributed by atoms with Crippen LogP contribution in [0, 0.1) is 0 Å². The molecule has 118 valence electrons. The largest absolute Gasteiger partial charge is 0.507 e. The molecular formula is C17H22N2O3. The second-order valence-corrected chi connectivity index (χ2v) is 5.91. The van der Waals surface area contributed by atoms with Gasteiger partial charge in [0.1, 0.15) is 11.8 Å². The van der Waals surface area contributed by atoms with Crippen molar-refractivity contribution in [1.82, 2.24) is 4.98 Å². The Balaban J connectivity index is 2.47. The molecule has 1 heterocycles. The lowest BCUT2D eigenvalue weighted by Crippen LogP contribution is -2.32. The van der Waals surface area contributed by atoms with Crippen molar-refractivity contribution in [2.75, 3.05) is 0 Å². The lowest BCUT2D eigenvalue weighted by Gasteiger charge is -2.09. The van der Waals surface area contributed by atoms with Gasteiger partial charge in [-0.2, -0.15) is 0 Å². The van der Waals surface area contributed by atoms with E-state index >= 15 is 0 Å². The highest BCUT2D eigenvalue weighted by atomic mass is 16.4. The molecule has 0 saturated carbocycles. The first kappa shape index (κ1) is 16.1. The molecule has 5 N–H and O–H groups in total. The summed E-state index contributed by atoms with van der Waals surface area (Å²) in [4.78, 5) is 14.1. The van der Waals surface area contributed by atoms with E-state index in [-0.39, 0.29) is 12.2 Å². The highest BCUT2D eigenvalue weighted by Gasteiger charge is 2.18. The Morgan fingerprint density at radius 2 is 1.95 bits per heavy atom. The van der Waals surface area contributed by atoms with Gasteiger partial charge in [-0.1, -0.05) is 17.2 Å². The molecule has 0 radical (unpaired) electrons. The zero-order valence-corrected chi connectivity index (χ0v) is 13.1. The molecule has 0 aliphatic rings. The molecule has 0 aliphatic heterocycles. The third-order valence-corrected chi connectivity index (χ3v) is 4.05. The number of aliphatic carboxylic acids is 1. The van der Waals surface area contributed by atoms with Crippen LogP contribution in [0.2, 0.25) is 0 Å². The fraction of sp³-hybridized carbons (Fsp3) is 0.353. The Kier molecular flexibility index (Phi) is 4.56. The number of aromatic hydroxyl groups is 1. The molecule has 0 spiro atoms. The number of allylic oxidation sites excluding steroid dienone is 2. The number of aromatic nitrogens is 1. The van der Waals surface area contributed by atoms with E-state index < -0.39 is 12.0 Å². The first-order valence-corrected chi connectivity index (χ1v) is 7.23. The summed E-state index contributed by atoms with van der Waals surface area (Å²) in [6.45, 7) is 6.22. The van der Waals surface area contributed by atoms with E-state index in [9.17, 15) is 9.90 Å². The molecule has 1 aromatic carbocycles. The van der Waals surface area contributed by atoms with Crippen LogP contribution in [0.5, 0.6) is 5.75 Å². The van der Waals surface area contributed by atoms with Crippen LogP contribution in [0.3, 0.4) is 0 Å². The van der Waals surface area contributed by atoms with Gasteiger partial charge in [0.2, 0.25) is 0 Å². The Bertz CT molecular complexity index is 740. The molecule has 0 bridgehead atoms. The second kappa shape index (κ2) is 6.23. The molecule has 5 nitrogen and oxygen atoms in total. The maximum absolute atomic E-state index is 10.9. The van der Waals surface area contributed by atoms with E-state index in [0.29, 0.717) is 5.39 Å². The van der Waals surface area contributed by atoms with Crippen LogP contribution in [0.4, 0.5) is 0 Å². The number of fused-ring (bicyclic) bond motifs is 1. The van der Waals surface area contributed by atoms with Gasteiger partial charge in [-0.05, 0) is 44.4 Å². The Labute approximate surface area is 129 Å². The van der Waals surface area contributed by atoms with Crippen LogP contribution in [0.1, 0.15) is 31.9 Å². The Morgan fingerprint density at radius 1 is 1.27 bits per heavy atom. The van der Waals surface area contributed by atoms with Gasteiger partial charge in [-0.15, -0.1) is 0 Å². The van der Waals surface area contributed by atoms with Gasteiger partial charge >= 0.3 is 5.97 Å². The number of carbonyl (C=O) groups is 1. The normalized spacial score (nSPS) is 12.4. The minimum absolute atomic E-state index is 0.141. The zero-order chi connectivity index (χ0) is 16.4. The standard InChI is InChI=1S/C17H22N2O3/c1-9(2)10(3)6-11-4-5-14(20)15-12(8-19-16(11)15)7-13(18)17(21)22/h4-5,8,13,19-20H,6-7,18H2,1-3H3,(H,21,22). The lowest BCUT2D eigenvalue weighted by atomic mass is 9.98. The van der Waals surface area contributed by atoms with Crippen molar-refractivity contribution in [3.63, 3.8) is 0 Å². The number of aromatic amines is 1. The summed E-state index contributed by atoms with van der Waals surface area (Å²) in [6.07, 6.45) is 2.69. The number of hydrogen-bond donors (Lipinski definition) is 4. The third kappa shape index (κ3) is 3.14. The predicted molar refractivity (Wildman–Crippen MR) is 87.0 cm³/mol. The van der Waals surface area contributed by atoms with E-state index in [1.54, 1.807) is 12.3 Å². The maximum Gasteiger partial charge on any atom is 0.320 e. The number of nitrogens with one attached hydrogen (secondary N) is 1. The van der Waals surface area contributed by atoms with Crippen molar-refractivity contribution < 1.29 is 15.0 Å². The van der Waals surface area contributed by atoms with Crippen LogP contribution < -0.4 is 5.73 Å². The quantitative estimate of drug-likeness (QED) is 0.638. The molecular weight excluding hydrogens is 280 g/mol. The van der Waals surface area contributed by atoms with Gasteiger partial charge in [0.15, 0.2) is 0 Å². The number of carboxylic acids is 1. The summed E-state index contributed by atoms with van der Waals surface area (Å²) < 4.78 is 0. The van der Waals surface area contributed by atoms with E-state index in [4.69, 9.17) is 10.8 Å². The highest BCUT2D eigenvalue weighted by molar-refractivity contribution is 5.92. The molecule has 22 heavy (non-hydrogen) atoms. The van der Waals surface area contributed by atoms with Crippen molar-refractivity contribution in [3.05, 3.63) is 40.6 Å². The highest BCUT2D eigenvalue weighted by Crippen LogP contribution is 2.32. The van der Waals surface area contributed by atoms with Gasteiger partial charge < -0.3 is 20.9 Å². The number of hydrogen-bond acceptors (Lipinski definition) is 3. The topological polar surface area (TPSA) is 99.3 Å². The molecule has 2 aromatic rings. The summed E-state index contributed by atoms with van der Waals surface area (Å²) in [7, 11) is 0. The molecule has 5 heteroatoms. The maximum atomic E-state index is 10.9. The smallest absolute Gasteiger partial charge is 0.320 e. The summed E-state index contributed by atoms with van der Waals surface area (Å²) >= 11 is 0. The molecule has 0 aliphatic carbocycles. The number of phenolic OH excluding ortho intramolecular Hbond substituents is 1. The molecule has 0 saturated heterocycles. The second-order valence-electron chi connectivity index (χ2n) is 5.91. The van der Waals surface area contributed by atoms with E-state index in [1.165, 1.54) is 11.1 Å².